The third-order valence-electron chi connectivity index (χ3n) is 4.32. The monoisotopic (exact) mass is 281 g/mol. The van der Waals surface area contributed by atoms with Crippen LogP contribution in [0.5, 0.6) is 0 Å². The van der Waals surface area contributed by atoms with Crippen LogP contribution in [0.15, 0.2) is 0 Å². The maximum atomic E-state index is 6.08. The van der Waals surface area contributed by atoms with E-state index in [1.165, 1.54) is 36.2 Å². The normalized spacial score (nSPS) is 20.5. The summed E-state index contributed by atoms with van der Waals surface area (Å²) in [5.41, 5.74) is 7.40. The van der Waals surface area contributed by atoms with Crippen molar-refractivity contribution in [3.63, 3.8) is 0 Å². The third-order valence-corrected chi connectivity index (χ3v) is 5.23. The second-order valence-corrected chi connectivity index (χ2v) is 6.58. The first kappa shape index (κ1) is 13.2. The number of methoxy groups -OCH3 is 1. The second-order valence-electron chi connectivity index (χ2n) is 5.83. The number of ether oxygens (including phenoxy) is 1. The summed E-state index contributed by atoms with van der Waals surface area (Å²) in [4.78, 5) is 2.49. The van der Waals surface area contributed by atoms with Crippen LogP contribution in [0.4, 0.5) is 10.8 Å². The Morgan fingerprint density at radius 3 is 2.74 bits per heavy atom. The fourth-order valence-corrected chi connectivity index (χ4v) is 3.79. The fourth-order valence-electron chi connectivity index (χ4n) is 2.78. The summed E-state index contributed by atoms with van der Waals surface area (Å²) in [6.45, 7) is 4.04. The van der Waals surface area contributed by atoms with E-state index in [4.69, 9.17) is 10.5 Å². The van der Waals surface area contributed by atoms with E-state index in [1.807, 2.05) is 0 Å². The average molecular weight is 281 g/mol. The Morgan fingerprint density at radius 2 is 2.16 bits per heavy atom. The van der Waals surface area contributed by atoms with Crippen LogP contribution in [-0.2, 0) is 4.74 Å². The smallest absolute Gasteiger partial charge is 0.142 e. The van der Waals surface area contributed by atoms with E-state index >= 15 is 0 Å². The largest absolute Gasteiger partial charge is 0.383 e. The van der Waals surface area contributed by atoms with Crippen LogP contribution in [-0.4, -0.2) is 30.7 Å². The molecule has 2 N–H and O–H groups in total. The van der Waals surface area contributed by atoms with Crippen LogP contribution >= 0.6 is 11.5 Å². The number of aromatic nitrogens is 1. The lowest BCUT2D eigenvalue weighted by molar-refractivity contribution is 0.203. The number of nitrogens with two attached hydrogens (primary N) is 1. The Morgan fingerprint density at radius 1 is 1.42 bits per heavy atom. The van der Waals surface area contributed by atoms with Gasteiger partial charge in [-0.1, -0.05) is 0 Å². The maximum Gasteiger partial charge on any atom is 0.142 e. The molecule has 0 aliphatic heterocycles. The van der Waals surface area contributed by atoms with Gasteiger partial charge in [0.1, 0.15) is 10.8 Å². The molecule has 2 aliphatic carbocycles. The van der Waals surface area contributed by atoms with Gasteiger partial charge in [0.2, 0.25) is 0 Å². The molecular weight excluding hydrogens is 258 g/mol. The molecule has 2 saturated carbocycles. The summed E-state index contributed by atoms with van der Waals surface area (Å²) >= 11 is 1.57. The molecule has 5 heteroatoms. The minimum absolute atomic E-state index is 0.576. The molecule has 2 fully saturated rings. The zero-order valence-corrected chi connectivity index (χ0v) is 12.6. The van der Waals surface area contributed by atoms with Crippen molar-refractivity contribution in [3.8, 4) is 0 Å². The highest BCUT2D eigenvalue weighted by Crippen LogP contribution is 2.50. The zero-order chi connectivity index (χ0) is 13.4. The molecule has 1 unspecified atom stereocenters. The molecular formula is C14H23N3OS. The Hall–Kier alpha value is -0.810. The van der Waals surface area contributed by atoms with Crippen LogP contribution in [0.2, 0.25) is 0 Å². The van der Waals surface area contributed by atoms with Crippen molar-refractivity contribution in [1.82, 2.24) is 4.37 Å². The number of nitrogens with zero attached hydrogens (tertiary/aromatic N) is 2. The summed E-state index contributed by atoms with van der Waals surface area (Å²) in [6, 6.07) is 0.576. The lowest BCUT2D eigenvalue weighted by atomic mass is 10.1. The number of anilines is 2. The van der Waals surface area contributed by atoms with Gasteiger partial charge in [-0.25, -0.2) is 0 Å². The van der Waals surface area contributed by atoms with Gasteiger partial charge in [-0.15, -0.1) is 0 Å². The topological polar surface area (TPSA) is 51.4 Å². The molecule has 0 bridgehead atoms. The third kappa shape index (κ3) is 2.72. The molecule has 1 heterocycles. The molecule has 0 radical (unpaired) electrons. The van der Waals surface area contributed by atoms with Gasteiger partial charge in [-0.3, -0.25) is 0 Å². The van der Waals surface area contributed by atoms with Crippen molar-refractivity contribution in [3.05, 3.63) is 5.56 Å². The first-order chi connectivity index (χ1) is 9.22. The second kappa shape index (κ2) is 5.29. The average Bonchev–Trinajstić information content (AvgIpc) is 3.29. The highest BCUT2D eigenvalue weighted by Gasteiger charge is 2.37. The van der Waals surface area contributed by atoms with Crippen LogP contribution in [0, 0.1) is 5.92 Å². The lowest BCUT2D eigenvalue weighted by Crippen LogP contribution is -2.37. The molecule has 0 aromatic carbocycles. The highest BCUT2D eigenvalue weighted by atomic mass is 32.1. The molecule has 0 amide bonds. The molecule has 0 saturated heterocycles. The van der Waals surface area contributed by atoms with Gasteiger partial charge in [0.05, 0.1) is 6.61 Å². The SMILES string of the molecule is COCCN(c1snc(N)c1C1CC1)C(C)C1CC1. The predicted octanol–water partition coefficient (Wildman–Crippen LogP) is 2.85. The van der Waals surface area contributed by atoms with Gasteiger partial charge in [0.15, 0.2) is 0 Å². The Bertz CT molecular complexity index is 440. The maximum absolute atomic E-state index is 6.08. The molecule has 2 aliphatic rings. The van der Waals surface area contributed by atoms with Crippen molar-refractivity contribution in [1.29, 1.82) is 0 Å². The van der Waals surface area contributed by atoms with E-state index in [1.54, 1.807) is 18.6 Å². The van der Waals surface area contributed by atoms with Gasteiger partial charge in [-0.05, 0) is 56.0 Å². The van der Waals surface area contributed by atoms with Crippen molar-refractivity contribution in [2.24, 2.45) is 5.92 Å². The van der Waals surface area contributed by atoms with E-state index in [0.717, 1.165) is 24.9 Å². The molecule has 4 nitrogen and oxygen atoms in total. The van der Waals surface area contributed by atoms with E-state index in [0.29, 0.717) is 12.0 Å². The summed E-state index contributed by atoms with van der Waals surface area (Å²) < 4.78 is 9.68. The van der Waals surface area contributed by atoms with Gasteiger partial charge in [0.25, 0.3) is 0 Å². The molecule has 1 aromatic rings. The van der Waals surface area contributed by atoms with E-state index in [2.05, 4.69) is 16.2 Å². The number of nitrogen functional groups attached to an aromatic ring is 1. The number of hydrogen-bond acceptors (Lipinski definition) is 5. The van der Waals surface area contributed by atoms with Crippen LogP contribution in [0.25, 0.3) is 0 Å². The van der Waals surface area contributed by atoms with Crippen LogP contribution < -0.4 is 10.6 Å². The fraction of sp³-hybridized carbons (Fsp3) is 0.786. The van der Waals surface area contributed by atoms with Crippen molar-refractivity contribution in [2.45, 2.75) is 44.6 Å². The van der Waals surface area contributed by atoms with Crippen molar-refractivity contribution in [2.75, 3.05) is 30.9 Å². The number of hydrogen-bond donors (Lipinski definition) is 1. The van der Waals surface area contributed by atoms with E-state index in [9.17, 15) is 0 Å². The first-order valence-corrected chi connectivity index (χ1v) is 8.00. The Labute approximate surface area is 119 Å². The first-order valence-electron chi connectivity index (χ1n) is 7.23. The van der Waals surface area contributed by atoms with E-state index < -0.39 is 0 Å². The minimum atomic E-state index is 0.576. The lowest BCUT2D eigenvalue weighted by Gasteiger charge is -2.30. The standard InChI is InChI=1S/C14H23N3OS/c1-9(10-3-4-10)17(7-8-18-2)14-12(11-5-6-11)13(15)16-19-14/h9-11H,3-8H2,1-2H3,(H2,15,16). The van der Waals surface area contributed by atoms with Crippen molar-refractivity contribution < 1.29 is 4.74 Å². The van der Waals surface area contributed by atoms with Crippen molar-refractivity contribution >= 4 is 22.4 Å². The summed E-state index contributed by atoms with van der Waals surface area (Å²) in [7, 11) is 1.77. The zero-order valence-electron chi connectivity index (χ0n) is 11.8. The van der Waals surface area contributed by atoms with E-state index in [-0.39, 0.29) is 0 Å². The van der Waals surface area contributed by atoms with Crippen LogP contribution in [0.3, 0.4) is 0 Å². The highest BCUT2D eigenvalue weighted by molar-refractivity contribution is 7.10. The summed E-state index contributed by atoms with van der Waals surface area (Å²) in [6.07, 6.45) is 5.26. The molecule has 0 spiro atoms. The molecule has 1 atom stereocenters. The molecule has 3 rings (SSSR count). The molecule has 1 aromatic heterocycles. The quantitative estimate of drug-likeness (QED) is 0.835. The summed E-state index contributed by atoms with van der Waals surface area (Å²) in [5, 5.41) is 1.30. The van der Waals surface area contributed by atoms with Gasteiger partial charge in [0, 0.05) is 25.3 Å². The molecule has 106 valence electrons. The van der Waals surface area contributed by atoms with Gasteiger partial charge < -0.3 is 15.4 Å². The molecule has 19 heavy (non-hydrogen) atoms. The van der Waals surface area contributed by atoms with Crippen LogP contribution in [0.1, 0.15) is 44.1 Å². The van der Waals surface area contributed by atoms with Gasteiger partial charge >= 0.3 is 0 Å². The Kier molecular flexibility index (Phi) is 3.67. The predicted molar refractivity (Wildman–Crippen MR) is 79.9 cm³/mol. The van der Waals surface area contributed by atoms with Gasteiger partial charge in [-0.2, -0.15) is 4.37 Å². The minimum Gasteiger partial charge on any atom is -0.383 e. The summed E-state index contributed by atoms with van der Waals surface area (Å²) in [5.74, 6) is 2.25. The Balaban J connectivity index is 1.84. The number of rotatable bonds is 7.